The predicted molar refractivity (Wildman–Crippen MR) is 42.4 cm³/mol. The maximum absolute atomic E-state index is 11.8. The van der Waals surface area contributed by atoms with Crippen LogP contribution in [0.15, 0.2) is 12.5 Å². The molecule has 3 N–H and O–H groups in total. The topological polar surface area (TPSA) is 60.9 Å². The smallest absolute Gasteiger partial charge is 0.382 e. The molecule has 0 aliphatic heterocycles. The van der Waals surface area contributed by atoms with Gasteiger partial charge in [0.05, 0.1) is 6.33 Å². The van der Waals surface area contributed by atoms with E-state index in [0.29, 0.717) is 5.69 Å². The van der Waals surface area contributed by atoms with E-state index in [1.54, 1.807) is 0 Å². The summed E-state index contributed by atoms with van der Waals surface area (Å²) in [6.45, 7) is -0.310. The average Bonchev–Trinajstić information content (AvgIpc) is 2.55. The molecule has 0 radical (unpaired) electrons. The molecule has 1 heterocycles. The van der Waals surface area contributed by atoms with E-state index < -0.39 is 18.8 Å². The molecule has 0 bridgehead atoms. The van der Waals surface area contributed by atoms with Crippen molar-refractivity contribution in [1.82, 2.24) is 15.3 Å². The lowest BCUT2D eigenvalue weighted by Gasteiger charge is -2.14. The van der Waals surface area contributed by atoms with Crippen molar-refractivity contribution >= 4 is 0 Å². The van der Waals surface area contributed by atoms with Gasteiger partial charge in [-0.1, -0.05) is 0 Å². The van der Waals surface area contributed by atoms with Gasteiger partial charge in [-0.15, -0.1) is 0 Å². The number of imidazole rings is 1. The molecule has 0 amide bonds. The Hall–Kier alpha value is -1.08. The zero-order chi connectivity index (χ0) is 10.6. The third-order valence-electron chi connectivity index (χ3n) is 1.59. The van der Waals surface area contributed by atoms with Crippen LogP contribution in [0.4, 0.5) is 13.2 Å². The number of hydrogen-bond donors (Lipinski definition) is 3. The van der Waals surface area contributed by atoms with Gasteiger partial charge >= 0.3 is 6.18 Å². The van der Waals surface area contributed by atoms with Gasteiger partial charge in [-0.2, -0.15) is 13.2 Å². The fourth-order valence-electron chi connectivity index (χ4n) is 0.841. The van der Waals surface area contributed by atoms with E-state index in [2.05, 4.69) is 15.3 Å². The molecule has 1 aromatic rings. The lowest BCUT2D eigenvalue weighted by atomic mass is 10.3. The molecule has 14 heavy (non-hydrogen) atoms. The number of aromatic amines is 1. The van der Waals surface area contributed by atoms with Crippen LogP contribution in [0.3, 0.4) is 0 Å². The molecule has 0 aliphatic carbocycles. The Kier molecular flexibility index (Phi) is 3.48. The van der Waals surface area contributed by atoms with Gasteiger partial charge in [-0.25, -0.2) is 4.98 Å². The van der Waals surface area contributed by atoms with Gasteiger partial charge in [0.2, 0.25) is 0 Å². The van der Waals surface area contributed by atoms with Crippen LogP contribution in [0.2, 0.25) is 0 Å². The van der Waals surface area contributed by atoms with Gasteiger partial charge < -0.3 is 15.4 Å². The van der Waals surface area contributed by atoms with Crippen LogP contribution in [0, 0.1) is 0 Å². The first kappa shape index (κ1) is 11.0. The average molecular weight is 209 g/mol. The van der Waals surface area contributed by atoms with Crippen LogP contribution < -0.4 is 5.32 Å². The summed E-state index contributed by atoms with van der Waals surface area (Å²) < 4.78 is 35.4. The van der Waals surface area contributed by atoms with Crippen LogP contribution in [0.5, 0.6) is 0 Å². The number of halogens is 3. The summed E-state index contributed by atoms with van der Waals surface area (Å²) >= 11 is 0. The fourth-order valence-corrected chi connectivity index (χ4v) is 0.841. The first-order valence-corrected chi connectivity index (χ1v) is 3.93. The first-order valence-electron chi connectivity index (χ1n) is 3.93. The molecule has 0 spiro atoms. The number of nitrogens with zero attached hydrogens (tertiary/aromatic N) is 1. The maximum Gasteiger partial charge on any atom is 0.415 e. The van der Waals surface area contributed by atoms with Crippen molar-refractivity contribution in [3.8, 4) is 0 Å². The number of aliphatic hydroxyl groups is 1. The number of aliphatic hydroxyl groups excluding tert-OH is 1. The first-order chi connectivity index (χ1) is 6.50. The zero-order valence-corrected chi connectivity index (χ0v) is 7.17. The van der Waals surface area contributed by atoms with Gasteiger partial charge in [0, 0.05) is 25.0 Å². The molecule has 80 valence electrons. The fraction of sp³-hybridized carbons (Fsp3) is 0.571. The summed E-state index contributed by atoms with van der Waals surface area (Å²) in [5.41, 5.74) is 0.666. The number of alkyl halides is 3. The highest BCUT2D eigenvalue weighted by molar-refractivity contribution is 4.93. The van der Waals surface area contributed by atoms with E-state index in [0.717, 1.165) is 0 Å². The summed E-state index contributed by atoms with van der Waals surface area (Å²) in [5, 5.41) is 11.1. The lowest BCUT2D eigenvalue weighted by molar-refractivity contribution is -0.201. The van der Waals surface area contributed by atoms with Crippen LogP contribution >= 0.6 is 0 Å². The Bertz CT molecular complexity index is 260. The van der Waals surface area contributed by atoms with Crippen molar-refractivity contribution < 1.29 is 18.3 Å². The van der Waals surface area contributed by atoms with Crippen molar-refractivity contribution in [1.29, 1.82) is 0 Å². The van der Waals surface area contributed by atoms with Gasteiger partial charge in [0.15, 0.2) is 6.10 Å². The number of rotatable bonds is 4. The summed E-state index contributed by atoms with van der Waals surface area (Å²) in [7, 11) is 0. The second-order valence-corrected chi connectivity index (χ2v) is 2.77. The van der Waals surface area contributed by atoms with E-state index in [-0.39, 0.29) is 6.54 Å². The molecule has 1 rings (SSSR count). The van der Waals surface area contributed by atoms with Crippen molar-refractivity contribution in [2.75, 3.05) is 6.54 Å². The molecule has 0 fully saturated rings. The monoisotopic (exact) mass is 209 g/mol. The molecule has 0 saturated heterocycles. The SMILES string of the molecule is OC(CNCc1cnc[nH]1)C(F)(F)F. The van der Waals surface area contributed by atoms with Crippen LogP contribution in [0.25, 0.3) is 0 Å². The minimum absolute atomic E-state index is 0.215. The standard InChI is InChI=1S/C7H10F3N3O/c8-7(9,10)6(14)3-11-1-5-2-12-4-13-5/h2,4,6,11,14H,1,3H2,(H,12,13). The van der Waals surface area contributed by atoms with E-state index in [9.17, 15) is 13.2 Å². The third-order valence-corrected chi connectivity index (χ3v) is 1.59. The number of H-pyrrole nitrogens is 1. The molecule has 0 saturated carbocycles. The number of nitrogens with one attached hydrogen (secondary N) is 2. The second kappa shape index (κ2) is 4.43. The highest BCUT2D eigenvalue weighted by atomic mass is 19.4. The van der Waals surface area contributed by atoms with E-state index >= 15 is 0 Å². The van der Waals surface area contributed by atoms with Crippen LogP contribution in [-0.2, 0) is 6.54 Å². The Balaban J connectivity index is 2.22. The number of hydrogen-bond acceptors (Lipinski definition) is 3. The van der Waals surface area contributed by atoms with Crippen molar-refractivity contribution in [2.45, 2.75) is 18.8 Å². The van der Waals surface area contributed by atoms with Crippen molar-refractivity contribution in [3.05, 3.63) is 18.2 Å². The normalized spacial score (nSPS) is 14.3. The summed E-state index contributed by atoms with van der Waals surface area (Å²) in [6, 6.07) is 0. The molecule has 1 atom stereocenters. The zero-order valence-electron chi connectivity index (χ0n) is 7.17. The van der Waals surface area contributed by atoms with Crippen molar-refractivity contribution in [3.63, 3.8) is 0 Å². The van der Waals surface area contributed by atoms with Gasteiger partial charge in [0.25, 0.3) is 0 Å². The highest BCUT2D eigenvalue weighted by Crippen LogP contribution is 2.19. The number of aromatic nitrogens is 2. The Morgan fingerprint density at radius 1 is 1.57 bits per heavy atom. The summed E-state index contributed by atoms with van der Waals surface area (Å²) in [6.07, 6.45) is -3.98. The van der Waals surface area contributed by atoms with Gasteiger partial charge in [-0.3, -0.25) is 0 Å². The Labute approximate surface area is 78.2 Å². The van der Waals surface area contributed by atoms with Crippen LogP contribution in [-0.4, -0.2) is 33.9 Å². The van der Waals surface area contributed by atoms with E-state index in [1.807, 2.05) is 0 Å². The Morgan fingerprint density at radius 3 is 2.79 bits per heavy atom. The lowest BCUT2D eigenvalue weighted by Crippen LogP contribution is -2.38. The molecule has 1 aromatic heterocycles. The maximum atomic E-state index is 11.8. The molecular formula is C7H10F3N3O. The minimum Gasteiger partial charge on any atom is -0.382 e. The van der Waals surface area contributed by atoms with Gasteiger partial charge in [0.1, 0.15) is 0 Å². The quantitative estimate of drug-likeness (QED) is 0.673. The molecular weight excluding hydrogens is 199 g/mol. The molecule has 0 aromatic carbocycles. The summed E-state index contributed by atoms with van der Waals surface area (Å²) in [5.74, 6) is 0. The molecule has 7 heteroatoms. The molecule has 4 nitrogen and oxygen atoms in total. The van der Waals surface area contributed by atoms with Crippen LogP contribution in [0.1, 0.15) is 5.69 Å². The summed E-state index contributed by atoms with van der Waals surface area (Å²) in [4.78, 5) is 6.40. The van der Waals surface area contributed by atoms with E-state index in [4.69, 9.17) is 5.11 Å². The predicted octanol–water partition coefficient (Wildman–Crippen LogP) is 0.422. The van der Waals surface area contributed by atoms with E-state index in [1.165, 1.54) is 12.5 Å². The Morgan fingerprint density at radius 2 is 2.29 bits per heavy atom. The minimum atomic E-state index is -4.57. The van der Waals surface area contributed by atoms with Crippen molar-refractivity contribution in [2.24, 2.45) is 0 Å². The second-order valence-electron chi connectivity index (χ2n) is 2.77. The molecule has 1 unspecified atom stereocenters. The van der Waals surface area contributed by atoms with Gasteiger partial charge in [-0.05, 0) is 0 Å². The highest BCUT2D eigenvalue weighted by Gasteiger charge is 2.37. The third kappa shape index (κ3) is 3.35. The molecule has 0 aliphatic rings. The largest absolute Gasteiger partial charge is 0.415 e.